The van der Waals surface area contributed by atoms with E-state index in [-0.39, 0.29) is 4.90 Å². The van der Waals surface area contributed by atoms with E-state index in [9.17, 15) is 8.42 Å². The minimum atomic E-state index is -3.67. The first kappa shape index (κ1) is 13.4. The molecule has 2 aromatic rings. The molecule has 0 amide bonds. The lowest BCUT2D eigenvalue weighted by Gasteiger charge is -2.22. The summed E-state index contributed by atoms with van der Waals surface area (Å²) in [5.74, 6) is 0.659. The van der Waals surface area contributed by atoms with Gasteiger partial charge in [-0.1, -0.05) is 29.8 Å². The van der Waals surface area contributed by atoms with E-state index in [1.807, 2.05) is 6.92 Å². The van der Waals surface area contributed by atoms with E-state index in [0.29, 0.717) is 11.4 Å². The van der Waals surface area contributed by atoms with E-state index in [4.69, 9.17) is 4.74 Å². The van der Waals surface area contributed by atoms with Crippen molar-refractivity contribution in [1.29, 1.82) is 0 Å². The quantitative estimate of drug-likeness (QED) is 0.860. The van der Waals surface area contributed by atoms with Crippen LogP contribution in [-0.4, -0.2) is 15.5 Å². The predicted octanol–water partition coefficient (Wildman–Crippen LogP) is 3.40. The van der Waals surface area contributed by atoms with Gasteiger partial charge in [0, 0.05) is 0 Å². The van der Waals surface area contributed by atoms with Gasteiger partial charge in [0.25, 0.3) is 0 Å². The minimum Gasteiger partial charge on any atom is -0.573 e. The smallest absolute Gasteiger partial charge is 0.123 e. The highest BCUT2D eigenvalue weighted by Gasteiger charge is 2.03. The lowest BCUT2D eigenvalue weighted by molar-refractivity contribution is 0.415. The average molecular weight is 276 g/mol. The summed E-state index contributed by atoms with van der Waals surface area (Å²) in [4.78, 5) is 0.189. The van der Waals surface area contributed by atoms with Crippen molar-refractivity contribution in [3.8, 4) is 5.75 Å². The van der Waals surface area contributed by atoms with Crippen LogP contribution in [0, 0.1) is 6.92 Å². The van der Waals surface area contributed by atoms with Crippen LogP contribution in [0.25, 0.3) is 4.72 Å². The normalized spacial score (nSPS) is 11.1. The summed E-state index contributed by atoms with van der Waals surface area (Å²) in [5.41, 5.74) is 1.38. The summed E-state index contributed by atoms with van der Waals surface area (Å²) >= 11 is 0. The van der Waals surface area contributed by atoms with E-state index in [1.54, 1.807) is 55.6 Å². The molecular weight excluding hydrogens is 262 g/mol. The molecule has 0 aliphatic heterocycles. The summed E-state index contributed by atoms with van der Waals surface area (Å²) < 4.78 is 32.9. The minimum absolute atomic E-state index is 0.189. The van der Waals surface area contributed by atoms with Gasteiger partial charge in [-0.15, -0.1) is 5.69 Å². The van der Waals surface area contributed by atoms with Crippen LogP contribution in [0.3, 0.4) is 0 Å². The average Bonchev–Trinajstić information content (AvgIpc) is 2.40. The van der Waals surface area contributed by atoms with E-state index >= 15 is 0 Å². The van der Waals surface area contributed by atoms with Crippen LogP contribution in [0.2, 0.25) is 0 Å². The van der Waals surface area contributed by atoms with Crippen LogP contribution in [0.5, 0.6) is 5.75 Å². The van der Waals surface area contributed by atoms with E-state index in [0.717, 1.165) is 5.56 Å². The van der Waals surface area contributed by atoms with Crippen molar-refractivity contribution in [1.82, 2.24) is 0 Å². The number of rotatable bonds is 4. The summed E-state index contributed by atoms with van der Waals surface area (Å²) in [7, 11) is -2.11. The molecule has 0 aliphatic carbocycles. The standard InChI is InChI=1S/C14H14NO3S/c1-11-3-9-14(10-4-11)19(16,17)15-12-5-7-13(18-2)8-6-12/h3-10H,1-2H3/q-1. The fraction of sp³-hybridized carbons (Fsp3) is 0.143. The highest BCUT2D eigenvalue weighted by molar-refractivity contribution is 7.94. The third-order valence-electron chi connectivity index (χ3n) is 2.62. The molecule has 0 saturated heterocycles. The van der Waals surface area contributed by atoms with Gasteiger partial charge in [0.05, 0.1) is 12.0 Å². The number of hydrogen-bond donors (Lipinski definition) is 0. The molecule has 100 valence electrons. The number of benzene rings is 2. The Balaban J connectivity index is 2.23. The van der Waals surface area contributed by atoms with Gasteiger partial charge in [-0.05, 0) is 31.2 Å². The summed E-state index contributed by atoms with van der Waals surface area (Å²) in [6.07, 6.45) is 0. The van der Waals surface area contributed by atoms with Crippen molar-refractivity contribution in [2.24, 2.45) is 0 Å². The molecule has 0 radical (unpaired) electrons. The Kier molecular flexibility index (Phi) is 3.76. The zero-order chi connectivity index (χ0) is 13.9. The van der Waals surface area contributed by atoms with Crippen molar-refractivity contribution < 1.29 is 13.2 Å². The number of aryl methyl sites for hydroxylation is 1. The monoisotopic (exact) mass is 276 g/mol. The summed E-state index contributed by atoms with van der Waals surface area (Å²) in [6.45, 7) is 1.90. The molecule has 0 aliphatic rings. The Morgan fingerprint density at radius 1 is 0.947 bits per heavy atom. The Hall–Kier alpha value is -2.01. The largest absolute Gasteiger partial charge is 0.573 e. The molecule has 2 aromatic carbocycles. The first-order valence-corrected chi connectivity index (χ1v) is 7.14. The Morgan fingerprint density at radius 3 is 2.05 bits per heavy atom. The molecule has 0 atom stereocenters. The molecule has 0 heterocycles. The summed E-state index contributed by atoms with van der Waals surface area (Å²) in [5, 5.41) is 0. The van der Waals surface area contributed by atoms with E-state index in [2.05, 4.69) is 4.72 Å². The summed E-state index contributed by atoms with van der Waals surface area (Å²) in [6, 6.07) is 13.1. The molecular formula is C14H14NO3S-. The van der Waals surface area contributed by atoms with Crippen LogP contribution in [0.15, 0.2) is 53.4 Å². The fourth-order valence-corrected chi connectivity index (χ4v) is 2.53. The van der Waals surface area contributed by atoms with Gasteiger partial charge < -0.3 is 9.46 Å². The molecule has 0 bridgehead atoms. The highest BCUT2D eigenvalue weighted by atomic mass is 32.2. The van der Waals surface area contributed by atoms with Gasteiger partial charge in [0.2, 0.25) is 0 Å². The maximum atomic E-state index is 12.1. The molecule has 2 rings (SSSR count). The molecule has 0 saturated carbocycles. The number of sulfonamides is 1. The van der Waals surface area contributed by atoms with E-state index in [1.165, 1.54) is 0 Å². The predicted molar refractivity (Wildman–Crippen MR) is 74.4 cm³/mol. The molecule has 0 unspecified atom stereocenters. The number of hydrogen-bond acceptors (Lipinski definition) is 3. The second-order valence-corrected chi connectivity index (χ2v) is 5.68. The maximum Gasteiger partial charge on any atom is 0.123 e. The van der Waals surface area contributed by atoms with Gasteiger partial charge in [-0.2, -0.15) is 0 Å². The van der Waals surface area contributed by atoms with Crippen molar-refractivity contribution in [3.05, 3.63) is 58.8 Å². The fourth-order valence-electron chi connectivity index (χ4n) is 1.54. The molecule has 5 heteroatoms. The molecule has 4 nitrogen and oxygen atoms in total. The van der Waals surface area contributed by atoms with Crippen molar-refractivity contribution in [2.45, 2.75) is 11.8 Å². The first-order valence-electron chi connectivity index (χ1n) is 5.70. The maximum absolute atomic E-state index is 12.1. The zero-order valence-corrected chi connectivity index (χ0v) is 11.5. The Morgan fingerprint density at radius 2 is 1.53 bits per heavy atom. The Labute approximate surface area is 113 Å². The van der Waals surface area contributed by atoms with Crippen LogP contribution < -0.4 is 4.74 Å². The first-order chi connectivity index (χ1) is 9.01. The van der Waals surface area contributed by atoms with Crippen molar-refractivity contribution in [2.75, 3.05) is 7.11 Å². The molecule has 0 N–H and O–H groups in total. The lowest BCUT2D eigenvalue weighted by atomic mass is 10.2. The van der Waals surface area contributed by atoms with Crippen LogP contribution in [0.4, 0.5) is 5.69 Å². The van der Waals surface area contributed by atoms with Crippen LogP contribution in [0.1, 0.15) is 5.56 Å². The molecule has 0 spiro atoms. The second-order valence-electron chi connectivity index (χ2n) is 4.08. The third kappa shape index (κ3) is 3.26. The topological polar surface area (TPSA) is 57.5 Å². The molecule has 0 aromatic heterocycles. The highest BCUT2D eigenvalue weighted by Crippen LogP contribution is 2.29. The lowest BCUT2D eigenvalue weighted by Crippen LogP contribution is -1.97. The molecule has 19 heavy (non-hydrogen) atoms. The van der Waals surface area contributed by atoms with Gasteiger partial charge in [-0.25, -0.2) is 8.42 Å². The van der Waals surface area contributed by atoms with Gasteiger partial charge in [0.15, 0.2) is 0 Å². The number of methoxy groups -OCH3 is 1. The van der Waals surface area contributed by atoms with Crippen LogP contribution in [-0.2, 0) is 10.0 Å². The van der Waals surface area contributed by atoms with Gasteiger partial charge >= 0.3 is 0 Å². The SMILES string of the molecule is COc1ccc([N-]S(=O)(=O)c2ccc(C)cc2)cc1. The zero-order valence-electron chi connectivity index (χ0n) is 10.7. The molecule has 0 fully saturated rings. The van der Waals surface area contributed by atoms with Gasteiger partial charge in [0.1, 0.15) is 15.8 Å². The number of nitrogens with zero attached hydrogens (tertiary/aromatic N) is 1. The third-order valence-corrected chi connectivity index (χ3v) is 3.94. The van der Waals surface area contributed by atoms with Crippen LogP contribution >= 0.6 is 0 Å². The van der Waals surface area contributed by atoms with Gasteiger partial charge in [-0.3, -0.25) is 0 Å². The van der Waals surface area contributed by atoms with Crippen molar-refractivity contribution >= 4 is 15.7 Å². The number of ether oxygens (including phenoxy) is 1. The van der Waals surface area contributed by atoms with Crippen molar-refractivity contribution in [3.63, 3.8) is 0 Å². The second kappa shape index (κ2) is 5.32. The Bertz CT molecular complexity index is 646. The van der Waals surface area contributed by atoms with E-state index < -0.39 is 10.0 Å².